The SMILES string of the molecule is CCN(CC)[C@@H](C(=O)N1CCC[C@H]1c1ncc(-c2ccc(-c3ccc(-c4cnc([C@@H]5CCCN5C(=O)[C@H](Cc5cscn5)NC(=O)OC)[nH]4)cc3)cc2)[nH]1)c1ccccc1. The van der Waals surface area contributed by atoms with Crippen LogP contribution in [0.3, 0.4) is 0 Å². The second-order valence-corrected chi connectivity index (χ2v) is 16.0. The Morgan fingerprint density at radius 1 is 0.767 bits per heavy atom. The molecule has 0 unspecified atom stereocenters. The van der Waals surface area contributed by atoms with Crippen LogP contribution in [0.2, 0.25) is 0 Å². The van der Waals surface area contributed by atoms with Gasteiger partial charge < -0.3 is 29.8 Å². The summed E-state index contributed by atoms with van der Waals surface area (Å²) >= 11 is 1.45. The minimum Gasteiger partial charge on any atom is -0.453 e. The van der Waals surface area contributed by atoms with Crippen molar-refractivity contribution in [1.82, 2.24) is 44.9 Å². The minimum absolute atomic E-state index is 0.0988. The Kier molecular flexibility index (Phi) is 12.5. The van der Waals surface area contributed by atoms with Gasteiger partial charge in [-0.1, -0.05) is 92.7 Å². The number of carbonyl (C=O) groups is 3. The quantitative estimate of drug-likeness (QED) is 0.100. The second kappa shape index (κ2) is 18.4. The highest BCUT2D eigenvalue weighted by Crippen LogP contribution is 2.37. The molecule has 0 bridgehead atoms. The third-order valence-corrected chi connectivity index (χ3v) is 12.5. The third-order valence-electron chi connectivity index (χ3n) is 11.8. The summed E-state index contributed by atoms with van der Waals surface area (Å²) in [6, 6.07) is 25.4. The monoisotopic (exact) mass is 825 g/mol. The van der Waals surface area contributed by atoms with E-state index in [1.54, 1.807) is 10.4 Å². The fraction of sp³-hybridized carbons (Fsp3) is 0.348. The summed E-state index contributed by atoms with van der Waals surface area (Å²) < 4.78 is 4.82. The van der Waals surface area contributed by atoms with Crippen LogP contribution in [0.4, 0.5) is 4.79 Å². The number of benzene rings is 3. The summed E-state index contributed by atoms with van der Waals surface area (Å²) in [4.78, 5) is 67.1. The van der Waals surface area contributed by atoms with Gasteiger partial charge in [0, 0.05) is 24.9 Å². The number of hydrogen-bond donors (Lipinski definition) is 3. The Morgan fingerprint density at radius 2 is 1.30 bits per heavy atom. The van der Waals surface area contributed by atoms with Crippen LogP contribution in [0, 0.1) is 0 Å². The lowest BCUT2D eigenvalue weighted by Crippen LogP contribution is -2.49. The molecule has 0 aliphatic carbocycles. The summed E-state index contributed by atoms with van der Waals surface area (Å²) in [5.41, 5.74) is 9.42. The van der Waals surface area contributed by atoms with Gasteiger partial charge in [0.05, 0.1) is 54.2 Å². The predicted molar refractivity (Wildman–Crippen MR) is 232 cm³/mol. The van der Waals surface area contributed by atoms with E-state index >= 15 is 0 Å². The molecular formula is C46H51N9O4S. The molecule has 4 atom stereocenters. The van der Waals surface area contributed by atoms with E-state index in [0.29, 0.717) is 18.9 Å². The normalized spacial score (nSPS) is 17.5. The molecule has 2 saturated heterocycles. The number of likely N-dealkylation sites (N-methyl/N-ethyl adjacent to an activating group) is 1. The molecule has 310 valence electrons. The number of thiazole rings is 1. The van der Waals surface area contributed by atoms with Gasteiger partial charge in [-0.25, -0.2) is 19.7 Å². The molecule has 5 heterocycles. The summed E-state index contributed by atoms with van der Waals surface area (Å²) in [5, 5.41) is 4.58. The number of aromatic amines is 2. The van der Waals surface area contributed by atoms with E-state index in [4.69, 9.17) is 14.7 Å². The molecule has 3 N–H and O–H groups in total. The van der Waals surface area contributed by atoms with Crippen LogP contribution < -0.4 is 5.32 Å². The number of likely N-dealkylation sites (tertiary alicyclic amines) is 2. The molecule has 8 rings (SSSR count). The Bertz CT molecular complexity index is 2360. The molecular weight excluding hydrogens is 775 g/mol. The molecule has 60 heavy (non-hydrogen) atoms. The number of alkyl carbamates (subject to hydrolysis) is 1. The van der Waals surface area contributed by atoms with Crippen molar-refractivity contribution in [2.45, 2.75) is 70.1 Å². The number of rotatable bonds is 14. The highest BCUT2D eigenvalue weighted by molar-refractivity contribution is 7.07. The van der Waals surface area contributed by atoms with Crippen LogP contribution in [0.25, 0.3) is 33.6 Å². The number of carbonyl (C=O) groups excluding carboxylic acids is 3. The van der Waals surface area contributed by atoms with Gasteiger partial charge in [-0.2, -0.15) is 0 Å². The fourth-order valence-corrected chi connectivity index (χ4v) is 9.23. The number of nitrogens with zero attached hydrogens (tertiary/aromatic N) is 6. The van der Waals surface area contributed by atoms with E-state index in [1.807, 2.05) is 40.9 Å². The third kappa shape index (κ3) is 8.61. The van der Waals surface area contributed by atoms with Crippen LogP contribution in [0.1, 0.15) is 80.6 Å². The maximum atomic E-state index is 14.2. The average molecular weight is 826 g/mol. The molecule has 3 amide bonds. The van der Waals surface area contributed by atoms with Gasteiger partial charge in [-0.3, -0.25) is 14.5 Å². The highest BCUT2D eigenvalue weighted by Gasteiger charge is 2.39. The Morgan fingerprint density at radius 3 is 1.80 bits per heavy atom. The first kappa shape index (κ1) is 40.7. The van der Waals surface area contributed by atoms with Crippen LogP contribution in [-0.4, -0.2) is 96.9 Å². The lowest BCUT2D eigenvalue weighted by atomic mass is 10.0. The molecule has 14 heteroatoms. The van der Waals surface area contributed by atoms with Crippen LogP contribution in [0.5, 0.6) is 0 Å². The number of hydrogen-bond acceptors (Lipinski definition) is 9. The molecule has 6 aromatic rings. The van der Waals surface area contributed by atoms with Gasteiger partial charge in [0.15, 0.2) is 0 Å². The smallest absolute Gasteiger partial charge is 0.407 e. The van der Waals surface area contributed by atoms with E-state index in [9.17, 15) is 14.4 Å². The molecule has 3 aromatic heterocycles. The second-order valence-electron chi connectivity index (χ2n) is 15.3. The van der Waals surface area contributed by atoms with Gasteiger partial charge in [0.1, 0.15) is 23.7 Å². The number of ether oxygens (including phenoxy) is 1. The standard InChI is InChI=1S/C46H51N9O4S/c1-4-53(5-2)41(34-11-7-6-8-12-34)45(57)55-24-10-14-40(55)43-48-27-38(51-43)33-21-17-31(18-22-33)30-15-19-32(20-16-30)37-26-47-42(50-37)39-13-9-23-54(39)44(56)36(52-46(58)59-3)25-35-28-60-29-49-35/h6-8,11-12,15-22,26-29,36,39-41H,4-5,9-10,13-14,23-25H2,1-3H3,(H,47,50)(H,48,51)(H,52,58)/t36-,39-,40-,41+/m0/s1. The first-order valence-corrected chi connectivity index (χ1v) is 21.7. The summed E-state index contributed by atoms with van der Waals surface area (Å²) in [5.74, 6) is 1.48. The molecule has 2 aliphatic rings. The van der Waals surface area contributed by atoms with Crippen molar-refractivity contribution in [3.8, 4) is 33.6 Å². The Balaban J connectivity index is 0.924. The molecule has 2 aliphatic heterocycles. The number of nitrogens with one attached hydrogen (secondary N) is 3. The summed E-state index contributed by atoms with van der Waals surface area (Å²) in [6.07, 6.45) is 6.71. The number of imidazole rings is 2. The van der Waals surface area contributed by atoms with E-state index in [0.717, 1.165) is 89.5 Å². The number of amides is 3. The highest BCUT2D eigenvalue weighted by atomic mass is 32.1. The van der Waals surface area contributed by atoms with Crippen molar-refractivity contribution in [2.24, 2.45) is 0 Å². The number of aromatic nitrogens is 5. The van der Waals surface area contributed by atoms with Crippen molar-refractivity contribution in [3.05, 3.63) is 125 Å². The van der Waals surface area contributed by atoms with Gasteiger partial charge in [0.25, 0.3) is 0 Å². The maximum Gasteiger partial charge on any atom is 0.407 e. The van der Waals surface area contributed by atoms with E-state index < -0.39 is 12.1 Å². The molecule has 0 radical (unpaired) electrons. The van der Waals surface area contributed by atoms with Gasteiger partial charge in [-0.05, 0) is 66.6 Å². The average Bonchev–Trinajstić information content (AvgIpc) is 4.15. The zero-order valence-corrected chi connectivity index (χ0v) is 35.0. The summed E-state index contributed by atoms with van der Waals surface area (Å²) in [6.45, 7) is 7.08. The van der Waals surface area contributed by atoms with Gasteiger partial charge >= 0.3 is 6.09 Å². The Labute approximate surface area is 354 Å². The predicted octanol–water partition coefficient (Wildman–Crippen LogP) is 7.97. The molecule has 3 aromatic carbocycles. The van der Waals surface area contributed by atoms with Crippen molar-refractivity contribution in [2.75, 3.05) is 33.3 Å². The van der Waals surface area contributed by atoms with Crippen LogP contribution >= 0.6 is 11.3 Å². The fourth-order valence-electron chi connectivity index (χ4n) is 8.66. The van der Waals surface area contributed by atoms with E-state index in [1.165, 1.54) is 18.4 Å². The lowest BCUT2D eigenvalue weighted by molar-refractivity contribution is -0.138. The zero-order chi connectivity index (χ0) is 41.6. The topological polar surface area (TPSA) is 152 Å². The van der Waals surface area contributed by atoms with Crippen molar-refractivity contribution < 1.29 is 19.1 Å². The minimum atomic E-state index is -0.801. The van der Waals surface area contributed by atoms with Crippen LogP contribution in [-0.2, 0) is 20.7 Å². The zero-order valence-electron chi connectivity index (χ0n) is 34.2. The first-order valence-electron chi connectivity index (χ1n) is 20.8. The summed E-state index contributed by atoms with van der Waals surface area (Å²) in [7, 11) is 1.29. The molecule has 0 saturated carbocycles. The first-order chi connectivity index (χ1) is 29.3. The van der Waals surface area contributed by atoms with Crippen molar-refractivity contribution in [3.63, 3.8) is 0 Å². The largest absolute Gasteiger partial charge is 0.453 e. The van der Waals surface area contributed by atoms with E-state index in [2.05, 4.69) is 99.7 Å². The lowest BCUT2D eigenvalue weighted by Gasteiger charge is -2.34. The molecule has 0 spiro atoms. The van der Waals surface area contributed by atoms with Crippen molar-refractivity contribution >= 4 is 29.2 Å². The molecule has 2 fully saturated rings. The number of methoxy groups -OCH3 is 1. The Hall–Kier alpha value is -6.12. The van der Waals surface area contributed by atoms with E-state index in [-0.39, 0.29) is 36.4 Å². The number of H-pyrrole nitrogens is 2. The molecule has 13 nitrogen and oxygen atoms in total. The van der Waals surface area contributed by atoms with Gasteiger partial charge in [0.2, 0.25) is 11.8 Å². The van der Waals surface area contributed by atoms with Crippen LogP contribution in [0.15, 0.2) is 102 Å². The maximum absolute atomic E-state index is 14.2. The van der Waals surface area contributed by atoms with Crippen molar-refractivity contribution in [1.29, 1.82) is 0 Å². The van der Waals surface area contributed by atoms with Gasteiger partial charge in [-0.15, -0.1) is 11.3 Å².